The Balaban J connectivity index is 2.86. The van der Waals surface area contributed by atoms with Gasteiger partial charge in [0.1, 0.15) is 18.8 Å². The van der Waals surface area contributed by atoms with Gasteiger partial charge in [0.05, 0.1) is 11.8 Å². The lowest BCUT2D eigenvalue weighted by molar-refractivity contribution is -0.159. The Morgan fingerprint density at radius 1 is 0.879 bits per heavy atom. The predicted molar refractivity (Wildman–Crippen MR) is 120 cm³/mol. The maximum Gasteiger partial charge on any atom is 0.323 e. The van der Waals surface area contributed by atoms with Crippen LogP contribution in [0.5, 0.6) is 11.5 Å². The minimum absolute atomic E-state index is 0.0531. The molecule has 0 heterocycles. The average molecular weight is 466 g/mol. The van der Waals surface area contributed by atoms with Crippen molar-refractivity contribution in [2.75, 3.05) is 6.61 Å². The zero-order valence-corrected chi connectivity index (χ0v) is 20.2. The van der Waals surface area contributed by atoms with E-state index < -0.39 is 36.0 Å². The molecule has 2 atom stereocenters. The molecule has 0 saturated carbocycles. The van der Waals surface area contributed by atoms with Crippen molar-refractivity contribution in [3.05, 3.63) is 23.8 Å². The number of carbonyl (C=O) groups is 4. The molecule has 0 aliphatic rings. The Morgan fingerprint density at radius 2 is 1.45 bits per heavy atom. The highest BCUT2D eigenvalue weighted by atomic mass is 16.6. The summed E-state index contributed by atoms with van der Waals surface area (Å²) in [5, 5.41) is 0. The largest absolute Gasteiger partial charge is 0.462 e. The third-order valence-corrected chi connectivity index (χ3v) is 4.38. The molecule has 0 spiro atoms. The van der Waals surface area contributed by atoms with Crippen LogP contribution in [0.25, 0.3) is 0 Å². The standard InChI is InChI=1S/C24H35NO8/c1-7-8-21(26)30-13-16(6)31-24(29)18(25)11-17-9-10-19(32-22(27)14(2)3)20(12-17)33-23(28)15(4)5/h9-10,12,14-16,18H,7-8,11,13,25H2,1-6H3/t16-,18-/m0/s1. The zero-order valence-electron chi connectivity index (χ0n) is 20.2. The van der Waals surface area contributed by atoms with E-state index in [1.807, 2.05) is 6.92 Å². The third kappa shape index (κ3) is 10.0. The fourth-order valence-electron chi connectivity index (χ4n) is 2.44. The van der Waals surface area contributed by atoms with E-state index in [2.05, 4.69) is 0 Å². The lowest BCUT2D eigenvalue weighted by Gasteiger charge is -2.18. The molecule has 0 radical (unpaired) electrons. The van der Waals surface area contributed by atoms with Gasteiger partial charge in [-0.1, -0.05) is 40.7 Å². The molecule has 9 heteroatoms. The van der Waals surface area contributed by atoms with Gasteiger partial charge < -0.3 is 24.7 Å². The number of benzene rings is 1. The van der Waals surface area contributed by atoms with Gasteiger partial charge in [0.15, 0.2) is 11.5 Å². The van der Waals surface area contributed by atoms with E-state index in [4.69, 9.17) is 24.7 Å². The molecule has 33 heavy (non-hydrogen) atoms. The Hall–Kier alpha value is -2.94. The molecule has 9 nitrogen and oxygen atoms in total. The first-order valence-corrected chi connectivity index (χ1v) is 11.1. The van der Waals surface area contributed by atoms with Crippen molar-refractivity contribution in [2.45, 2.75) is 73.0 Å². The van der Waals surface area contributed by atoms with Gasteiger partial charge in [0, 0.05) is 6.42 Å². The molecule has 0 aliphatic heterocycles. The molecule has 0 unspecified atom stereocenters. The molecule has 0 aliphatic carbocycles. The first kappa shape index (κ1) is 28.1. The zero-order chi connectivity index (χ0) is 25.1. The summed E-state index contributed by atoms with van der Waals surface area (Å²) in [6, 6.07) is 3.62. The van der Waals surface area contributed by atoms with Crippen molar-refractivity contribution in [3.63, 3.8) is 0 Å². The van der Waals surface area contributed by atoms with E-state index in [0.29, 0.717) is 18.4 Å². The fourth-order valence-corrected chi connectivity index (χ4v) is 2.44. The van der Waals surface area contributed by atoms with Gasteiger partial charge in [0.25, 0.3) is 0 Å². The van der Waals surface area contributed by atoms with Gasteiger partial charge in [-0.05, 0) is 37.5 Å². The first-order valence-electron chi connectivity index (χ1n) is 11.1. The molecule has 2 N–H and O–H groups in total. The van der Waals surface area contributed by atoms with Gasteiger partial charge in [-0.25, -0.2) is 0 Å². The molecule has 184 valence electrons. The second-order valence-electron chi connectivity index (χ2n) is 8.42. The third-order valence-electron chi connectivity index (χ3n) is 4.38. The first-order chi connectivity index (χ1) is 15.4. The van der Waals surface area contributed by atoms with Gasteiger partial charge in [0.2, 0.25) is 0 Å². The van der Waals surface area contributed by atoms with Gasteiger partial charge in [-0.3, -0.25) is 19.2 Å². The Labute approximate surface area is 194 Å². The summed E-state index contributed by atoms with van der Waals surface area (Å²) in [5.41, 5.74) is 6.56. The second-order valence-corrected chi connectivity index (χ2v) is 8.42. The van der Waals surface area contributed by atoms with Gasteiger partial charge >= 0.3 is 23.9 Å². The van der Waals surface area contributed by atoms with Crippen LogP contribution < -0.4 is 15.2 Å². The maximum absolute atomic E-state index is 12.3. The highest BCUT2D eigenvalue weighted by molar-refractivity contribution is 5.78. The van der Waals surface area contributed by atoms with E-state index in [1.54, 1.807) is 40.7 Å². The van der Waals surface area contributed by atoms with Crippen LogP contribution in [-0.2, 0) is 35.1 Å². The summed E-state index contributed by atoms with van der Waals surface area (Å²) in [6.45, 7) is 10.1. The monoisotopic (exact) mass is 465 g/mol. The van der Waals surface area contributed by atoms with Gasteiger partial charge in [-0.2, -0.15) is 0 Å². The van der Waals surface area contributed by atoms with Crippen molar-refractivity contribution in [3.8, 4) is 11.5 Å². The van der Waals surface area contributed by atoms with Gasteiger partial charge in [-0.15, -0.1) is 0 Å². The number of ether oxygens (including phenoxy) is 4. The number of esters is 4. The highest BCUT2D eigenvalue weighted by Gasteiger charge is 2.22. The Morgan fingerprint density at radius 3 is 2.00 bits per heavy atom. The minimum atomic E-state index is -1.00. The summed E-state index contributed by atoms with van der Waals surface area (Å²) < 4.78 is 21.0. The summed E-state index contributed by atoms with van der Waals surface area (Å²) >= 11 is 0. The van der Waals surface area contributed by atoms with Crippen LogP contribution in [0.1, 0.15) is 59.9 Å². The molecule has 0 amide bonds. The van der Waals surface area contributed by atoms with Crippen LogP contribution in [-0.4, -0.2) is 42.6 Å². The maximum atomic E-state index is 12.3. The smallest absolute Gasteiger partial charge is 0.323 e. The quantitative estimate of drug-likeness (QED) is 0.365. The molecular formula is C24H35NO8. The number of nitrogens with two attached hydrogens (primary N) is 1. The molecule has 0 fully saturated rings. The summed E-state index contributed by atoms with van der Waals surface area (Å²) in [7, 11) is 0. The van der Waals surface area contributed by atoms with E-state index in [-0.39, 0.29) is 36.4 Å². The minimum Gasteiger partial charge on any atom is -0.462 e. The normalized spacial score (nSPS) is 12.8. The second kappa shape index (κ2) is 13.6. The van der Waals surface area contributed by atoms with Crippen LogP contribution in [0.4, 0.5) is 0 Å². The molecule has 1 aromatic carbocycles. The van der Waals surface area contributed by atoms with E-state index >= 15 is 0 Å². The molecule has 0 saturated heterocycles. The van der Waals surface area contributed by atoms with Crippen LogP contribution in [0, 0.1) is 11.8 Å². The Bertz CT molecular complexity index is 834. The van der Waals surface area contributed by atoms with E-state index in [0.717, 1.165) is 0 Å². The summed E-state index contributed by atoms with van der Waals surface area (Å²) in [4.78, 5) is 47.9. The predicted octanol–water partition coefficient (Wildman–Crippen LogP) is 2.95. The number of rotatable bonds is 12. The van der Waals surface area contributed by atoms with Crippen molar-refractivity contribution in [1.82, 2.24) is 0 Å². The molecule has 0 bridgehead atoms. The number of hydrogen-bond acceptors (Lipinski definition) is 9. The summed E-state index contributed by atoms with van der Waals surface area (Å²) in [5.74, 6) is -2.58. The molecular weight excluding hydrogens is 430 g/mol. The topological polar surface area (TPSA) is 131 Å². The van der Waals surface area contributed by atoms with Crippen molar-refractivity contribution in [1.29, 1.82) is 0 Å². The lowest BCUT2D eigenvalue weighted by Crippen LogP contribution is -2.37. The molecule has 1 rings (SSSR count). The number of carbonyl (C=O) groups excluding carboxylic acids is 4. The highest BCUT2D eigenvalue weighted by Crippen LogP contribution is 2.30. The van der Waals surface area contributed by atoms with Crippen molar-refractivity contribution >= 4 is 23.9 Å². The van der Waals surface area contributed by atoms with Crippen molar-refractivity contribution < 1.29 is 38.1 Å². The van der Waals surface area contributed by atoms with Crippen LogP contribution in [0.2, 0.25) is 0 Å². The van der Waals surface area contributed by atoms with Crippen molar-refractivity contribution in [2.24, 2.45) is 17.6 Å². The molecule has 0 aromatic heterocycles. The van der Waals surface area contributed by atoms with Crippen LogP contribution in [0.3, 0.4) is 0 Å². The summed E-state index contributed by atoms with van der Waals surface area (Å²) in [6.07, 6.45) is 0.407. The molecule has 1 aromatic rings. The SMILES string of the molecule is CCCC(=O)OC[C@H](C)OC(=O)[C@@H](N)Cc1ccc(OC(=O)C(C)C)c(OC(=O)C(C)C)c1. The van der Waals surface area contributed by atoms with E-state index in [9.17, 15) is 19.2 Å². The lowest BCUT2D eigenvalue weighted by atomic mass is 10.1. The van der Waals surface area contributed by atoms with Crippen LogP contribution in [0.15, 0.2) is 18.2 Å². The van der Waals surface area contributed by atoms with E-state index in [1.165, 1.54) is 12.1 Å². The fraction of sp³-hybridized carbons (Fsp3) is 0.583. The average Bonchev–Trinajstić information content (AvgIpc) is 2.73. The van der Waals surface area contributed by atoms with Crippen LogP contribution >= 0.6 is 0 Å². The number of hydrogen-bond donors (Lipinski definition) is 1. The Kier molecular flexibility index (Phi) is 11.6.